The molecule has 0 aromatic heterocycles. The molecule has 0 radical (unpaired) electrons. The van der Waals surface area contributed by atoms with Gasteiger partial charge in [0.2, 0.25) is 5.91 Å². The van der Waals surface area contributed by atoms with Gasteiger partial charge in [-0.3, -0.25) is 14.7 Å². The van der Waals surface area contributed by atoms with E-state index in [9.17, 15) is 4.79 Å². The summed E-state index contributed by atoms with van der Waals surface area (Å²) in [6.07, 6.45) is 6.66. The van der Waals surface area contributed by atoms with Crippen molar-refractivity contribution in [1.29, 1.82) is 0 Å². The quantitative estimate of drug-likeness (QED) is 0.286. The monoisotopic (exact) mass is 507 g/mol. The van der Waals surface area contributed by atoms with E-state index < -0.39 is 0 Å². The van der Waals surface area contributed by atoms with Crippen LogP contribution >= 0.6 is 24.0 Å². The van der Waals surface area contributed by atoms with Gasteiger partial charge in [0.05, 0.1) is 6.54 Å². The summed E-state index contributed by atoms with van der Waals surface area (Å²) in [6, 6.07) is 0.844. The molecular weight excluding hydrogens is 465 g/mol. The third kappa shape index (κ3) is 7.35. The molecule has 164 valence electrons. The van der Waals surface area contributed by atoms with Gasteiger partial charge in [-0.2, -0.15) is 0 Å². The van der Waals surface area contributed by atoms with Gasteiger partial charge >= 0.3 is 0 Å². The van der Waals surface area contributed by atoms with Crippen LogP contribution in [0.2, 0.25) is 0 Å². The number of guanidine groups is 1. The zero-order valence-electron chi connectivity index (χ0n) is 18.4. The molecule has 2 N–H and O–H groups in total. The topological polar surface area (TPSA) is 60.0 Å². The molecule has 0 aliphatic carbocycles. The molecular formula is C21H42IN5O. The zero-order valence-corrected chi connectivity index (χ0v) is 20.7. The maximum Gasteiger partial charge on any atom is 0.222 e. The summed E-state index contributed by atoms with van der Waals surface area (Å²) < 4.78 is 0. The van der Waals surface area contributed by atoms with Crippen molar-refractivity contribution in [2.45, 2.75) is 78.3 Å². The highest BCUT2D eigenvalue weighted by molar-refractivity contribution is 14.0. The number of rotatable bonds is 9. The zero-order chi connectivity index (χ0) is 19.6. The van der Waals surface area contributed by atoms with Crippen LogP contribution in [0.1, 0.15) is 66.2 Å². The van der Waals surface area contributed by atoms with Gasteiger partial charge in [0, 0.05) is 38.1 Å². The fourth-order valence-corrected chi connectivity index (χ4v) is 4.50. The second-order valence-corrected chi connectivity index (χ2v) is 7.93. The van der Waals surface area contributed by atoms with E-state index in [-0.39, 0.29) is 29.9 Å². The molecule has 2 heterocycles. The second-order valence-electron chi connectivity index (χ2n) is 7.93. The van der Waals surface area contributed by atoms with Gasteiger partial charge in [-0.25, -0.2) is 0 Å². The highest BCUT2D eigenvalue weighted by atomic mass is 127. The summed E-state index contributed by atoms with van der Waals surface area (Å²) in [5.74, 6) is 1.87. The molecule has 0 aromatic rings. The Labute approximate surface area is 189 Å². The molecule has 2 aliphatic rings. The van der Waals surface area contributed by atoms with Crippen LogP contribution in [0, 0.1) is 5.92 Å². The first-order chi connectivity index (χ1) is 13.1. The molecule has 0 aromatic carbocycles. The number of nitrogens with one attached hydrogen (secondary N) is 2. The van der Waals surface area contributed by atoms with E-state index in [1.807, 2.05) is 11.8 Å². The van der Waals surface area contributed by atoms with Crippen molar-refractivity contribution in [3.05, 3.63) is 0 Å². The predicted octanol–water partition coefficient (Wildman–Crippen LogP) is 3.07. The van der Waals surface area contributed by atoms with Gasteiger partial charge in [-0.15, -0.1) is 24.0 Å². The molecule has 2 fully saturated rings. The summed E-state index contributed by atoms with van der Waals surface area (Å²) in [5.41, 5.74) is 0. The highest BCUT2D eigenvalue weighted by Gasteiger charge is 2.28. The van der Waals surface area contributed by atoms with Crippen molar-refractivity contribution in [3.63, 3.8) is 0 Å². The van der Waals surface area contributed by atoms with Gasteiger partial charge in [0.25, 0.3) is 0 Å². The maximum absolute atomic E-state index is 11.9. The van der Waals surface area contributed by atoms with Crippen molar-refractivity contribution < 1.29 is 4.79 Å². The second kappa shape index (κ2) is 13.6. The third-order valence-electron chi connectivity index (χ3n) is 6.17. The number of hydrogen-bond acceptors (Lipinski definition) is 3. The molecule has 1 amide bonds. The molecule has 2 aliphatic heterocycles. The number of carbonyl (C=O) groups is 1. The fourth-order valence-electron chi connectivity index (χ4n) is 4.50. The van der Waals surface area contributed by atoms with E-state index in [0.717, 1.165) is 38.6 Å². The minimum absolute atomic E-state index is 0. The lowest BCUT2D eigenvalue weighted by atomic mass is 9.93. The van der Waals surface area contributed by atoms with Crippen LogP contribution in [0.4, 0.5) is 0 Å². The minimum atomic E-state index is 0. The number of amides is 1. The van der Waals surface area contributed by atoms with Gasteiger partial charge in [0.15, 0.2) is 5.96 Å². The Morgan fingerprint density at radius 2 is 1.79 bits per heavy atom. The van der Waals surface area contributed by atoms with Crippen LogP contribution < -0.4 is 10.6 Å². The Morgan fingerprint density at radius 3 is 2.36 bits per heavy atom. The molecule has 2 unspecified atom stereocenters. The molecule has 0 saturated carbocycles. The number of hydrogen-bond donors (Lipinski definition) is 2. The van der Waals surface area contributed by atoms with Crippen LogP contribution in [0.3, 0.4) is 0 Å². The van der Waals surface area contributed by atoms with E-state index >= 15 is 0 Å². The third-order valence-corrected chi connectivity index (χ3v) is 6.17. The molecule has 0 bridgehead atoms. The van der Waals surface area contributed by atoms with Crippen molar-refractivity contribution in [2.24, 2.45) is 10.9 Å². The number of carbonyl (C=O) groups excluding carboxylic acids is 1. The van der Waals surface area contributed by atoms with E-state index in [0.29, 0.717) is 24.4 Å². The number of aliphatic imine (C=N–C) groups is 1. The van der Waals surface area contributed by atoms with Gasteiger partial charge in [-0.1, -0.05) is 33.6 Å². The number of halogens is 1. The SMILES string of the molecule is CCNC(=NCC(C(CC)CC)N1CCCC1)NC1CCN(C(=O)CC)C1.I. The first kappa shape index (κ1) is 25.5. The Morgan fingerprint density at radius 1 is 1.11 bits per heavy atom. The van der Waals surface area contributed by atoms with Crippen LogP contribution in [-0.2, 0) is 4.79 Å². The van der Waals surface area contributed by atoms with Crippen molar-refractivity contribution >= 4 is 35.8 Å². The largest absolute Gasteiger partial charge is 0.357 e. The Balaban J connectivity index is 0.00000392. The van der Waals surface area contributed by atoms with E-state index in [2.05, 4.69) is 36.3 Å². The molecule has 6 nitrogen and oxygen atoms in total. The summed E-state index contributed by atoms with van der Waals surface area (Å²) in [6.45, 7) is 14.5. The van der Waals surface area contributed by atoms with E-state index in [1.54, 1.807) is 0 Å². The summed E-state index contributed by atoms with van der Waals surface area (Å²) in [5, 5.41) is 6.98. The van der Waals surface area contributed by atoms with E-state index in [1.165, 1.54) is 38.8 Å². The number of nitrogens with zero attached hydrogens (tertiary/aromatic N) is 3. The summed E-state index contributed by atoms with van der Waals surface area (Å²) in [4.78, 5) is 21.5. The lowest BCUT2D eigenvalue weighted by molar-refractivity contribution is -0.129. The first-order valence-electron chi connectivity index (χ1n) is 11.2. The average Bonchev–Trinajstić information content (AvgIpc) is 3.36. The average molecular weight is 508 g/mol. The van der Waals surface area contributed by atoms with Crippen molar-refractivity contribution in [3.8, 4) is 0 Å². The van der Waals surface area contributed by atoms with Gasteiger partial charge in [-0.05, 0) is 45.2 Å². The Kier molecular flexibility index (Phi) is 12.4. The molecule has 28 heavy (non-hydrogen) atoms. The van der Waals surface area contributed by atoms with Gasteiger partial charge in [0.1, 0.15) is 0 Å². The Hall–Kier alpha value is -0.570. The maximum atomic E-state index is 11.9. The van der Waals surface area contributed by atoms with Crippen LogP contribution in [0.15, 0.2) is 4.99 Å². The fraction of sp³-hybridized carbons (Fsp3) is 0.905. The number of likely N-dealkylation sites (tertiary alicyclic amines) is 2. The molecule has 2 rings (SSSR count). The lowest BCUT2D eigenvalue weighted by Gasteiger charge is -2.33. The standard InChI is InChI=1S/C21H41N5O.HI/c1-5-17(6-2)19(25-12-9-10-13-25)15-23-21(22-8-4)24-18-11-14-26(16-18)20(27)7-3;/h17-19H,5-16H2,1-4H3,(H2,22,23,24);1H. The normalized spacial score (nSPS) is 21.7. The smallest absolute Gasteiger partial charge is 0.222 e. The van der Waals surface area contributed by atoms with Crippen LogP contribution in [0.5, 0.6) is 0 Å². The highest BCUT2D eigenvalue weighted by Crippen LogP contribution is 2.23. The summed E-state index contributed by atoms with van der Waals surface area (Å²) >= 11 is 0. The van der Waals surface area contributed by atoms with Crippen molar-refractivity contribution in [1.82, 2.24) is 20.4 Å². The molecule has 2 saturated heterocycles. The van der Waals surface area contributed by atoms with Crippen LogP contribution in [0.25, 0.3) is 0 Å². The molecule has 0 spiro atoms. The van der Waals surface area contributed by atoms with Crippen molar-refractivity contribution in [2.75, 3.05) is 39.3 Å². The van der Waals surface area contributed by atoms with Gasteiger partial charge < -0.3 is 15.5 Å². The molecule has 2 atom stereocenters. The first-order valence-corrected chi connectivity index (χ1v) is 11.2. The minimum Gasteiger partial charge on any atom is -0.357 e. The molecule has 7 heteroatoms. The Bertz CT molecular complexity index is 475. The van der Waals surface area contributed by atoms with E-state index in [4.69, 9.17) is 4.99 Å². The lowest BCUT2D eigenvalue weighted by Crippen LogP contribution is -2.46. The van der Waals surface area contributed by atoms with Crippen LogP contribution in [-0.4, -0.2) is 73.0 Å². The predicted molar refractivity (Wildman–Crippen MR) is 128 cm³/mol. The summed E-state index contributed by atoms with van der Waals surface area (Å²) in [7, 11) is 0.